The number of hydrogen-bond acceptors (Lipinski definition) is 3. The number of likely N-dealkylation sites (tertiary alicyclic amines) is 1. The topological polar surface area (TPSA) is 64.3 Å². The summed E-state index contributed by atoms with van der Waals surface area (Å²) in [6, 6.07) is 5.03. The first-order valence-corrected chi connectivity index (χ1v) is 7.07. The van der Waals surface area contributed by atoms with Gasteiger partial charge in [-0.3, -0.25) is 4.79 Å². The predicted molar refractivity (Wildman–Crippen MR) is 75.4 cm³/mol. The van der Waals surface area contributed by atoms with Gasteiger partial charge in [-0.15, -0.1) is 0 Å². The van der Waals surface area contributed by atoms with Crippen LogP contribution in [0.4, 0.5) is 8.78 Å². The molecular formula is C16H18F2N2O2. The number of rotatable bonds is 3. The minimum atomic E-state index is -0.983. The predicted octanol–water partition coefficient (Wildman–Crippen LogP) is 2.54. The lowest BCUT2D eigenvalue weighted by molar-refractivity contribution is -0.133. The highest BCUT2D eigenvalue weighted by atomic mass is 19.2. The zero-order chi connectivity index (χ0) is 16.5. The molecule has 0 spiro atoms. The van der Waals surface area contributed by atoms with E-state index in [0.717, 1.165) is 12.1 Å². The molecule has 1 heterocycles. The van der Waals surface area contributed by atoms with Crippen LogP contribution in [0, 0.1) is 28.4 Å². The molecule has 1 N–H and O–H groups in total. The van der Waals surface area contributed by atoms with Crippen molar-refractivity contribution >= 4 is 5.91 Å². The number of aliphatic hydroxyl groups excluding tert-OH is 1. The summed E-state index contributed by atoms with van der Waals surface area (Å²) in [5.74, 6) is -2.22. The van der Waals surface area contributed by atoms with Gasteiger partial charge in [-0.1, -0.05) is 6.07 Å². The van der Waals surface area contributed by atoms with Crippen molar-refractivity contribution in [1.29, 1.82) is 5.26 Å². The first-order valence-electron chi connectivity index (χ1n) is 7.07. The van der Waals surface area contributed by atoms with E-state index in [4.69, 9.17) is 5.26 Å². The molecule has 1 aliphatic rings. The van der Waals surface area contributed by atoms with E-state index in [0.29, 0.717) is 5.56 Å². The second-order valence-corrected chi connectivity index (χ2v) is 6.30. The van der Waals surface area contributed by atoms with E-state index < -0.39 is 29.2 Å². The molecule has 1 amide bonds. The van der Waals surface area contributed by atoms with E-state index in [1.165, 1.54) is 11.0 Å². The van der Waals surface area contributed by atoms with E-state index in [1.807, 2.05) is 0 Å². The average molecular weight is 308 g/mol. The third-order valence-electron chi connectivity index (χ3n) is 3.82. The largest absolute Gasteiger partial charge is 0.391 e. The Balaban J connectivity index is 2.24. The van der Waals surface area contributed by atoms with Crippen molar-refractivity contribution < 1.29 is 18.7 Å². The minimum absolute atomic E-state index is 0.0103. The van der Waals surface area contributed by atoms with Crippen LogP contribution in [0.1, 0.15) is 38.3 Å². The summed E-state index contributed by atoms with van der Waals surface area (Å²) in [4.78, 5) is 13.8. The van der Waals surface area contributed by atoms with Crippen molar-refractivity contribution in [2.45, 2.75) is 38.8 Å². The number of carbonyl (C=O) groups is 1. The van der Waals surface area contributed by atoms with Crippen molar-refractivity contribution in [2.75, 3.05) is 6.54 Å². The standard InChI is InChI=1S/C16H18F2N2O2/c1-16(2,9-19)7-15(22)20-8-11(21)6-14(20)10-3-4-12(17)13(18)5-10/h3-5,11,14,21H,6-8H2,1-2H3. The Kier molecular flexibility index (Phi) is 4.47. The number of aliphatic hydroxyl groups is 1. The van der Waals surface area contributed by atoms with Gasteiger partial charge >= 0.3 is 0 Å². The van der Waals surface area contributed by atoms with Crippen LogP contribution in [0.25, 0.3) is 0 Å². The smallest absolute Gasteiger partial charge is 0.224 e. The van der Waals surface area contributed by atoms with Crippen LogP contribution in [-0.4, -0.2) is 28.6 Å². The Morgan fingerprint density at radius 3 is 2.73 bits per heavy atom. The molecule has 6 heteroatoms. The van der Waals surface area contributed by atoms with E-state index in [1.54, 1.807) is 13.8 Å². The van der Waals surface area contributed by atoms with Crippen LogP contribution in [0.15, 0.2) is 18.2 Å². The number of benzene rings is 1. The lowest BCUT2D eigenvalue weighted by atomic mass is 9.90. The fraction of sp³-hybridized carbons (Fsp3) is 0.500. The highest BCUT2D eigenvalue weighted by molar-refractivity contribution is 5.78. The average Bonchev–Trinajstić information content (AvgIpc) is 2.83. The maximum Gasteiger partial charge on any atom is 0.224 e. The third kappa shape index (κ3) is 3.42. The molecular weight excluding hydrogens is 290 g/mol. The minimum Gasteiger partial charge on any atom is -0.391 e. The number of nitriles is 1. The highest BCUT2D eigenvalue weighted by Gasteiger charge is 2.37. The molecule has 0 bridgehead atoms. The molecule has 1 saturated heterocycles. The van der Waals surface area contributed by atoms with Crippen molar-refractivity contribution in [2.24, 2.45) is 5.41 Å². The van der Waals surface area contributed by atoms with Crippen LogP contribution in [0.5, 0.6) is 0 Å². The molecule has 0 aliphatic carbocycles. The SMILES string of the molecule is CC(C)(C#N)CC(=O)N1CC(O)CC1c1ccc(F)c(F)c1. The fourth-order valence-corrected chi connectivity index (χ4v) is 2.64. The second kappa shape index (κ2) is 6.01. The molecule has 2 unspecified atom stereocenters. The van der Waals surface area contributed by atoms with E-state index in [-0.39, 0.29) is 25.3 Å². The number of nitrogens with zero attached hydrogens (tertiary/aromatic N) is 2. The molecule has 2 atom stereocenters. The number of β-amino-alcohol motifs (C(OH)–C–C–N with tert-alkyl or cyclic N) is 1. The summed E-state index contributed by atoms with van der Waals surface area (Å²) in [5, 5.41) is 18.9. The number of amides is 1. The van der Waals surface area contributed by atoms with Crippen molar-refractivity contribution in [1.82, 2.24) is 4.90 Å². The van der Waals surface area contributed by atoms with Gasteiger partial charge in [-0.2, -0.15) is 5.26 Å². The van der Waals surface area contributed by atoms with Gasteiger partial charge in [0.2, 0.25) is 5.91 Å². The zero-order valence-electron chi connectivity index (χ0n) is 12.5. The molecule has 0 aromatic heterocycles. The summed E-state index contributed by atoms with van der Waals surface area (Å²) in [6.07, 6.45) is -0.438. The van der Waals surface area contributed by atoms with Gasteiger partial charge in [-0.25, -0.2) is 8.78 Å². The molecule has 1 fully saturated rings. The Morgan fingerprint density at radius 1 is 1.45 bits per heavy atom. The molecule has 4 nitrogen and oxygen atoms in total. The van der Waals surface area contributed by atoms with Gasteiger partial charge in [0.05, 0.1) is 23.6 Å². The van der Waals surface area contributed by atoms with Gasteiger partial charge in [0.25, 0.3) is 0 Å². The van der Waals surface area contributed by atoms with Crippen LogP contribution >= 0.6 is 0 Å². The van der Waals surface area contributed by atoms with E-state index in [2.05, 4.69) is 6.07 Å². The molecule has 118 valence electrons. The maximum absolute atomic E-state index is 13.4. The van der Waals surface area contributed by atoms with Crippen molar-refractivity contribution in [3.8, 4) is 6.07 Å². The summed E-state index contributed by atoms with van der Waals surface area (Å²) < 4.78 is 26.4. The summed E-state index contributed by atoms with van der Waals surface area (Å²) in [7, 11) is 0. The van der Waals surface area contributed by atoms with Gasteiger partial charge in [0, 0.05) is 13.0 Å². The van der Waals surface area contributed by atoms with E-state index >= 15 is 0 Å². The zero-order valence-corrected chi connectivity index (χ0v) is 12.5. The molecule has 1 aromatic carbocycles. The van der Waals surface area contributed by atoms with Crippen molar-refractivity contribution in [3.05, 3.63) is 35.4 Å². The van der Waals surface area contributed by atoms with Crippen LogP contribution in [0.2, 0.25) is 0 Å². The quantitative estimate of drug-likeness (QED) is 0.933. The Hall–Kier alpha value is -2.00. The molecule has 1 aliphatic heterocycles. The fourth-order valence-electron chi connectivity index (χ4n) is 2.64. The molecule has 22 heavy (non-hydrogen) atoms. The molecule has 2 rings (SSSR count). The maximum atomic E-state index is 13.4. The lowest BCUT2D eigenvalue weighted by Crippen LogP contribution is -2.34. The number of carbonyl (C=O) groups excluding carboxylic acids is 1. The molecule has 1 aromatic rings. The molecule has 0 saturated carbocycles. The van der Waals surface area contributed by atoms with Gasteiger partial charge in [-0.05, 0) is 38.0 Å². The van der Waals surface area contributed by atoms with Gasteiger partial charge < -0.3 is 10.0 Å². The molecule has 0 radical (unpaired) electrons. The first-order chi connectivity index (χ1) is 10.2. The monoisotopic (exact) mass is 308 g/mol. The first kappa shape index (κ1) is 16.4. The van der Waals surface area contributed by atoms with Crippen molar-refractivity contribution in [3.63, 3.8) is 0 Å². The summed E-state index contributed by atoms with van der Waals surface area (Å²) in [6.45, 7) is 3.44. The van der Waals surface area contributed by atoms with E-state index in [9.17, 15) is 18.7 Å². The lowest BCUT2D eigenvalue weighted by Gasteiger charge is -2.27. The Morgan fingerprint density at radius 2 is 2.14 bits per heavy atom. The van der Waals surface area contributed by atoms with Crippen LogP contribution < -0.4 is 0 Å². The second-order valence-electron chi connectivity index (χ2n) is 6.30. The number of halogens is 2. The van der Waals surface area contributed by atoms with Crippen LogP contribution in [0.3, 0.4) is 0 Å². The highest BCUT2D eigenvalue weighted by Crippen LogP contribution is 2.34. The third-order valence-corrected chi connectivity index (χ3v) is 3.82. The number of hydrogen-bond donors (Lipinski definition) is 1. The Labute approximate surface area is 128 Å². The van der Waals surface area contributed by atoms with Crippen LogP contribution in [-0.2, 0) is 4.79 Å². The summed E-state index contributed by atoms with van der Waals surface area (Å²) in [5.41, 5.74) is -0.373. The Bertz CT molecular complexity index is 625. The normalized spacial score (nSPS) is 21.7. The van der Waals surface area contributed by atoms with Gasteiger partial charge in [0.1, 0.15) is 0 Å². The summed E-state index contributed by atoms with van der Waals surface area (Å²) >= 11 is 0. The van der Waals surface area contributed by atoms with Gasteiger partial charge in [0.15, 0.2) is 11.6 Å².